The van der Waals surface area contributed by atoms with Gasteiger partial charge in [0.1, 0.15) is 18.1 Å². The fourth-order valence-corrected chi connectivity index (χ4v) is 2.44. The number of nitrogens with two attached hydrogens (primary N) is 1. The molecule has 112 valence electrons. The van der Waals surface area contributed by atoms with E-state index in [-0.39, 0.29) is 6.04 Å². The Morgan fingerprint density at radius 2 is 2.10 bits per heavy atom. The fourth-order valence-electron chi connectivity index (χ4n) is 2.03. The SMILES string of the molecule is COc1ccc(OCc2cncc(Br)c2)c(CC(C)N)c1. The quantitative estimate of drug-likeness (QED) is 0.867. The first-order valence-electron chi connectivity index (χ1n) is 6.73. The molecule has 0 spiro atoms. The van der Waals surface area contributed by atoms with E-state index in [1.54, 1.807) is 19.5 Å². The van der Waals surface area contributed by atoms with Gasteiger partial charge in [-0.3, -0.25) is 4.98 Å². The molecule has 0 saturated carbocycles. The minimum atomic E-state index is 0.0620. The van der Waals surface area contributed by atoms with Gasteiger partial charge in [-0.15, -0.1) is 0 Å². The molecule has 4 nitrogen and oxygen atoms in total. The Labute approximate surface area is 133 Å². The van der Waals surface area contributed by atoms with Gasteiger partial charge in [-0.1, -0.05) is 0 Å². The van der Waals surface area contributed by atoms with Crippen LogP contribution >= 0.6 is 15.9 Å². The standard InChI is InChI=1S/C16H19BrN2O2/c1-11(18)5-13-7-15(20-2)3-4-16(13)21-10-12-6-14(17)9-19-8-12/h3-4,6-9,11H,5,10,18H2,1-2H3. The van der Waals surface area contributed by atoms with Crippen molar-refractivity contribution in [2.45, 2.75) is 26.0 Å². The van der Waals surface area contributed by atoms with Gasteiger partial charge in [-0.25, -0.2) is 0 Å². The van der Waals surface area contributed by atoms with E-state index in [1.807, 2.05) is 31.2 Å². The average Bonchev–Trinajstić information content (AvgIpc) is 2.45. The highest BCUT2D eigenvalue weighted by Gasteiger charge is 2.09. The molecule has 21 heavy (non-hydrogen) atoms. The molecular formula is C16H19BrN2O2. The van der Waals surface area contributed by atoms with Gasteiger partial charge in [-0.05, 0) is 59.1 Å². The minimum Gasteiger partial charge on any atom is -0.497 e. The van der Waals surface area contributed by atoms with E-state index in [9.17, 15) is 0 Å². The Hall–Kier alpha value is -1.59. The topological polar surface area (TPSA) is 57.4 Å². The molecule has 1 aromatic heterocycles. The molecule has 1 aromatic carbocycles. The lowest BCUT2D eigenvalue weighted by Crippen LogP contribution is -2.18. The van der Waals surface area contributed by atoms with Gasteiger partial charge in [0.05, 0.1) is 7.11 Å². The highest BCUT2D eigenvalue weighted by atomic mass is 79.9. The highest BCUT2D eigenvalue weighted by molar-refractivity contribution is 9.10. The zero-order valence-electron chi connectivity index (χ0n) is 12.2. The largest absolute Gasteiger partial charge is 0.497 e. The van der Waals surface area contributed by atoms with Crippen LogP contribution in [0.1, 0.15) is 18.1 Å². The lowest BCUT2D eigenvalue weighted by molar-refractivity contribution is 0.301. The van der Waals surface area contributed by atoms with Crippen molar-refractivity contribution in [1.29, 1.82) is 0 Å². The Bertz CT molecular complexity index is 603. The summed E-state index contributed by atoms with van der Waals surface area (Å²) in [4.78, 5) is 4.13. The van der Waals surface area contributed by atoms with Gasteiger partial charge < -0.3 is 15.2 Å². The van der Waals surface area contributed by atoms with E-state index in [2.05, 4.69) is 20.9 Å². The molecule has 0 bridgehead atoms. The number of hydrogen-bond acceptors (Lipinski definition) is 4. The van der Waals surface area contributed by atoms with Crippen LogP contribution in [0.25, 0.3) is 0 Å². The van der Waals surface area contributed by atoms with Crippen LogP contribution < -0.4 is 15.2 Å². The number of pyridine rings is 1. The first kappa shape index (κ1) is 15.8. The number of methoxy groups -OCH3 is 1. The second-order valence-electron chi connectivity index (χ2n) is 4.96. The molecule has 1 heterocycles. The van der Waals surface area contributed by atoms with E-state index < -0.39 is 0 Å². The maximum absolute atomic E-state index is 5.91. The number of hydrogen-bond donors (Lipinski definition) is 1. The van der Waals surface area contributed by atoms with Crippen LogP contribution in [0.5, 0.6) is 11.5 Å². The summed E-state index contributed by atoms with van der Waals surface area (Å²) in [5.41, 5.74) is 7.95. The highest BCUT2D eigenvalue weighted by Crippen LogP contribution is 2.26. The van der Waals surface area contributed by atoms with Gasteiger partial charge >= 0.3 is 0 Å². The molecule has 2 N–H and O–H groups in total. The summed E-state index contributed by atoms with van der Waals surface area (Å²) in [6.45, 7) is 2.44. The second-order valence-corrected chi connectivity index (χ2v) is 5.87. The number of rotatable bonds is 6. The van der Waals surface area contributed by atoms with Crippen LogP contribution in [-0.4, -0.2) is 18.1 Å². The van der Waals surface area contributed by atoms with E-state index in [0.717, 1.165) is 33.5 Å². The zero-order valence-corrected chi connectivity index (χ0v) is 13.8. The smallest absolute Gasteiger partial charge is 0.123 e. The molecule has 0 radical (unpaired) electrons. The number of nitrogens with zero attached hydrogens (tertiary/aromatic N) is 1. The van der Waals surface area contributed by atoms with E-state index in [0.29, 0.717) is 6.61 Å². The Kier molecular flexibility index (Phi) is 5.59. The third-order valence-corrected chi connectivity index (χ3v) is 3.40. The Morgan fingerprint density at radius 3 is 2.76 bits per heavy atom. The van der Waals surface area contributed by atoms with Gasteiger partial charge in [0.25, 0.3) is 0 Å². The zero-order chi connectivity index (χ0) is 15.2. The van der Waals surface area contributed by atoms with Gasteiger partial charge in [0.2, 0.25) is 0 Å². The molecule has 1 atom stereocenters. The van der Waals surface area contributed by atoms with Gasteiger partial charge in [0, 0.05) is 28.5 Å². The van der Waals surface area contributed by atoms with Crippen molar-refractivity contribution in [3.05, 3.63) is 52.3 Å². The van der Waals surface area contributed by atoms with Crippen LogP contribution in [0.4, 0.5) is 0 Å². The summed E-state index contributed by atoms with van der Waals surface area (Å²) in [7, 11) is 1.65. The predicted molar refractivity (Wildman–Crippen MR) is 86.6 cm³/mol. The third-order valence-electron chi connectivity index (χ3n) is 2.97. The first-order chi connectivity index (χ1) is 10.1. The molecule has 2 rings (SSSR count). The average molecular weight is 351 g/mol. The maximum Gasteiger partial charge on any atom is 0.123 e. The predicted octanol–water partition coefficient (Wildman–Crippen LogP) is 3.32. The summed E-state index contributed by atoms with van der Waals surface area (Å²) < 4.78 is 12.1. The monoisotopic (exact) mass is 350 g/mol. The molecule has 0 aliphatic rings. The van der Waals surface area contributed by atoms with Crippen molar-refractivity contribution in [1.82, 2.24) is 4.98 Å². The van der Waals surface area contributed by atoms with E-state index in [1.165, 1.54) is 0 Å². The van der Waals surface area contributed by atoms with Crippen LogP contribution in [0.2, 0.25) is 0 Å². The number of halogens is 1. The molecule has 0 saturated heterocycles. The number of aromatic nitrogens is 1. The van der Waals surface area contributed by atoms with Crippen molar-refractivity contribution in [3.63, 3.8) is 0 Å². The minimum absolute atomic E-state index is 0.0620. The fraction of sp³-hybridized carbons (Fsp3) is 0.312. The Morgan fingerprint density at radius 1 is 1.29 bits per heavy atom. The van der Waals surface area contributed by atoms with Crippen LogP contribution in [0, 0.1) is 0 Å². The molecule has 5 heteroatoms. The maximum atomic E-state index is 5.91. The summed E-state index contributed by atoms with van der Waals surface area (Å²) in [6, 6.07) is 7.83. The third kappa shape index (κ3) is 4.72. The van der Waals surface area contributed by atoms with Gasteiger partial charge in [0.15, 0.2) is 0 Å². The molecule has 0 aliphatic heterocycles. The van der Waals surface area contributed by atoms with Crippen molar-refractivity contribution >= 4 is 15.9 Å². The summed E-state index contributed by atoms with van der Waals surface area (Å²) in [5.74, 6) is 1.63. The molecular weight excluding hydrogens is 332 g/mol. The van der Waals surface area contributed by atoms with Gasteiger partial charge in [-0.2, -0.15) is 0 Å². The van der Waals surface area contributed by atoms with Crippen LogP contribution in [0.3, 0.4) is 0 Å². The van der Waals surface area contributed by atoms with E-state index >= 15 is 0 Å². The van der Waals surface area contributed by atoms with Crippen molar-refractivity contribution in [2.75, 3.05) is 7.11 Å². The molecule has 0 amide bonds. The summed E-state index contributed by atoms with van der Waals surface area (Å²) in [6.07, 6.45) is 4.28. The number of ether oxygens (including phenoxy) is 2. The normalized spacial score (nSPS) is 12.0. The lowest BCUT2D eigenvalue weighted by atomic mass is 10.1. The van der Waals surface area contributed by atoms with Crippen molar-refractivity contribution in [2.24, 2.45) is 5.73 Å². The molecule has 1 unspecified atom stereocenters. The Balaban J connectivity index is 2.14. The van der Waals surface area contributed by atoms with Crippen LogP contribution in [-0.2, 0) is 13.0 Å². The first-order valence-corrected chi connectivity index (χ1v) is 7.52. The molecule has 2 aromatic rings. The molecule has 0 fully saturated rings. The lowest BCUT2D eigenvalue weighted by Gasteiger charge is -2.14. The van der Waals surface area contributed by atoms with Crippen LogP contribution in [0.15, 0.2) is 41.1 Å². The van der Waals surface area contributed by atoms with E-state index in [4.69, 9.17) is 15.2 Å². The number of benzene rings is 1. The van der Waals surface area contributed by atoms with Crippen molar-refractivity contribution < 1.29 is 9.47 Å². The second kappa shape index (κ2) is 7.43. The molecule has 0 aliphatic carbocycles. The summed E-state index contributed by atoms with van der Waals surface area (Å²) in [5, 5.41) is 0. The summed E-state index contributed by atoms with van der Waals surface area (Å²) >= 11 is 3.40. The van der Waals surface area contributed by atoms with Crippen molar-refractivity contribution in [3.8, 4) is 11.5 Å².